The van der Waals surface area contributed by atoms with Crippen LogP contribution < -0.4 is 5.32 Å². The van der Waals surface area contributed by atoms with Crippen molar-refractivity contribution in [2.24, 2.45) is 5.92 Å². The van der Waals surface area contributed by atoms with Crippen LogP contribution in [0.2, 0.25) is 0 Å². The molecule has 108 valence electrons. The van der Waals surface area contributed by atoms with Gasteiger partial charge in [0, 0.05) is 6.54 Å². The molecule has 0 radical (unpaired) electrons. The lowest BCUT2D eigenvalue weighted by Gasteiger charge is -2.13. The summed E-state index contributed by atoms with van der Waals surface area (Å²) in [5, 5.41) is 3.65. The lowest BCUT2D eigenvalue weighted by molar-refractivity contribution is 0.338. The lowest BCUT2D eigenvalue weighted by atomic mass is 10.1. The largest absolute Gasteiger partial charge is 0.316 e. The number of nitrogens with one attached hydrogen (secondary N) is 1. The topological polar surface area (TPSA) is 15.3 Å². The third-order valence-electron chi connectivity index (χ3n) is 4.21. The van der Waals surface area contributed by atoms with Crippen molar-refractivity contribution in [1.82, 2.24) is 10.2 Å². The molecule has 0 aliphatic carbocycles. The molecule has 1 atom stereocenters. The molecule has 1 unspecified atom stereocenters. The third kappa shape index (κ3) is 7.38. The minimum Gasteiger partial charge on any atom is -0.316 e. The van der Waals surface area contributed by atoms with Crippen LogP contribution in [0.4, 0.5) is 0 Å². The van der Waals surface area contributed by atoms with E-state index in [1.165, 1.54) is 84.1 Å². The molecule has 0 amide bonds. The Kier molecular flexibility index (Phi) is 9.59. The molecular weight excluding hydrogens is 220 g/mol. The second-order valence-corrected chi connectivity index (χ2v) is 5.87. The molecule has 0 saturated carbocycles. The molecule has 0 bridgehead atoms. The summed E-state index contributed by atoms with van der Waals surface area (Å²) in [7, 11) is 0. The van der Waals surface area contributed by atoms with E-state index in [9.17, 15) is 0 Å². The van der Waals surface area contributed by atoms with Crippen molar-refractivity contribution in [3.63, 3.8) is 0 Å². The molecule has 1 saturated heterocycles. The van der Waals surface area contributed by atoms with E-state index in [1.807, 2.05) is 0 Å². The SMILES string of the molecule is CCCCCCCCCNCC1CCN(CC)C1. The van der Waals surface area contributed by atoms with Gasteiger partial charge in [0.2, 0.25) is 0 Å². The van der Waals surface area contributed by atoms with Gasteiger partial charge in [0.15, 0.2) is 0 Å². The maximum atomic E-state index is 3.65. The van der Waals surface area contributed by atoms with Crippen molar-refractivity contribution in [3.05, 3.63) is 0 Å². The highest BCUT2D eigenvalue weighted by Gasteiger charge is 2.20. The molecule has 2 heteroatoms. The van der Waals surface area contributed by atoms with Gasteiger partial charge in [-0.3, -0.25) is 0 Å². The normalized spacial score (nSPS) is 20.7. The van der Waals surface area contributed by atoms with Gasteiger partial charge in [0.05, 0.1) is 0 Å². The van der Waals surface area contributed by atoms with Crippen molar-refractivity contribution in [1.29, 1.82) is 0 Å². The Morgan fingerprint density at radius 1 is 1.00 bits per heavy atom. The maximum Gasteiger partial charge on any atom is 0.00222 e. The number of hydrogen-bond acceptors (Lipinski definition) is 2. The molecule has 2 nitrogen and oxygen atoms in total. The summed E-state index contributed by atoms with van der Waals surface area (Å²) < 4.78 is 0. The van der Waals surface area contributed by atoms with E-state index in [1.54, 1.807) is 0 Å². The van der Waals surface area contributed by atoms with Gasteiger partial charge < -0.3 is 10.2 Å². The fraction of sp³-hybridized carbons (Fsp3) is 1.00. The van der Waals surface area contributed by atoms with Gasteiger partial charge in [-0.1, -0.05) is 52.4 Å². The highest BCUT2D eigenvalue weighted by Crippen LogP contribution is 2.14. The van der Waals surface area contributed by atoms with E-state index < -0.39 is 0 Å². The fourth-order valence-corrected chi connectivity index (χ4v) is 2.88. The average molecular weight is 254 g/mol. The molecule has 1 aliphatic rings. The summed E-state index contributed by atoms with van der Waals surface area (Å²) in [5.74, 6) is 0.912. The third-order valence-corrected chi connectivity index (χ3v) is 4.21. The standard InChI is InChI=1S/C16H34N2/c1-3-5-6-7-8-9-10-12-17-14-16-11-13-18(4-2)15-16/h16-17H,3-15H2,1-2H3. The molecule has 1 rings (SSSR count). The summed E-state index contributed by atoms with van der Waals surface area (Å²) in [5.41, 5.74) is 0. The minimum absolute atomic E-state index is 0.912. The number of hydrogen-bond donors (Lipinski definition) is 1. The van der Waals surface area contributed by atoms with Crippen LogP contribution in [0.5, 0.6) is 0 Å². The monoisotopic (exact) mass is 254 g/mol. The number of nitrogens with zero attached hydrogens (tertiary/aromatic N) is 1. The first-order valence-corrected chi connectivity index (χ1v) is 8.29. The summed E-state index contributed by atoms with van der Waals surface area (Å²) in [4.78, 5) is 2.57. The van der Waals surface area contributed by atoms with Crippen molar-refractivity contribution in [2.75, 3.05) is 32.7 Å². The maximum absolute atomic E-state index is 3.65. The smallest absolute Gasteiger partial charge is 0.00222 e. The van der Waals surface area contributed by atoms with Gasteiger partial charge >= 0.3 is 0 Å². The Hall–Kier alpha value is -0.0800. The van der Waals surface area contributed by atoms with E-state index in [-0.39, 0.29) is 0 Å². The first-order chi connectivity index (χ1) is 8.86. The molecule has 1 fully saturated rings. The van der Waals surface area contributed by atoms with Crippen LogP contribution in [0.3, 0.4) is 0 Å². The molecule has 1 heterocycles. The Balaban J connectivity index is 1.79. The minimum atomic E-state index is 0.912. The number of likely N-dealkylation sites (tertiary alicyclic amines) is 1. The van der Waals surface area contributed by atoms with Gasteiger partial charge in [-0.05, 0) is 44.9 Å². The molecule has 1 aliphatic heterocycles. The zero-order valence-corrected chi connectivity index (χ0v) is 12.7. The summed E-state index contributed by atoms with van der Waals surface area (Å²) >= 11 is 0. The summed E-state index contributed by atoms with van der Waals surface area (Å²) in [6, 6.07) is 0. The van der Waals surface area contributed by atoms with Crippen LogP contribution in [0.15, 0.2) is 0 Å². The van der Waals surface area contributed by atoms with E-state index >= 15 is 0 Å². The zero-order chi connectivity index (χ0) is 13.1. The van der Waals surface area contributed by atoms with E-state index in [4.69, 9.17) is 0 Å². The zero-order valence-electron chi connectivity index (χ0n) is 12.7. The quantitative estimate of drug-likeness (QED) is 0.566. The second kappa shape index (κ2) is 10.8. The van der Waals surface area contributed by atoms with E-state index in [0.717, 1.165) is 5.92 Å². The van der Waals surface area contributed by atoms with Crippen molar-refractivity contribution in [2.45, 2.75) is 65.2 Å². The molecule has 0 spiro atoms. The molecule has 18 heavy (non-hydrogen) atoms. The van der Waals surface area contributed by atoms with Crippen LogP contribution in [0, 0.1) is 5.92 Å². The molecule has 1 N–H and O–H groups in total. The molecule has 0 aromatic carbocycles. The van der Waals surface area contributed by atoms with Gasteiger partial charge in [-0.2, -0.15) is 0 Å². The Morgan fingerprint density at radius 2 is 1.72 bits per heavy atom. The highest BCUT2D eigenvalue weighted by molar-refractivity contribution is 4.76. The summed E-state index contributed by atoms with van der Waals surface area (Å²) in [6.45, 7) is 10.9. The fourth-order valence-electron chi connectivity index (χ4n) is 2.88. The Bertz CT molecular complexity index is 182. The molecule has 0 aromatic heterocycles. The first-order valence-electron chi connectivity index (χ1n) is 8.29. The summed E-state index contributed by atoms with van der Waals surface area (Å²) in [6.07, 6.45) is 11.3. The van der Waals surface area contributed by atoms with Crippen LogP contribution in [-0.2, 0) is 0 Å². The first kappa shape index (κ1) is 16.0. The van der Waals surface area contributed by atoms with E-state index in [2.05, 4.69) is 24.1 Å². The predicted octanol–water partition coefficient (Wildman–Crippen LogP) is 3.67. The Morgan fingerprint density at radius 3 is 2.39 bits per heavy atom. The van der Waals surface area contributed by atoms with Crippen molar-refractivity contribution in [3.8, 4) is 0 Å². The highest BCUT2D eigenvalue weighted by atomic mass is 15.1. The van der Waals surface area contributed by atoms with Gasteiger partial charge in [0.25, 0.3) is 0 Å². The molecular formula is C16H34N2. The van der Waals surface area contributed by atoms with Gasteiger partial charge in [-0.15, -0.1) is 0 Å². The lowest BCUT2D eigenvalue weighted by Crippen LogP contribution is -2.27. The second-order valence-electron chi connectivity index (χ2n) is 5.87. The van der Waals surface area contributed by atoms with Gasteiger partial charge in [0.1, 0.15) is 0 Å². The van der Waals surface area contributed by atoms with Gasteiger partial charge in [-0.25, -0.2) is 0 Å². The number of rotatable bonds is 11. The predicted molar refractivity (Wildman–Crippen MR) is 81.1 cm³/mol. The van der Waals surface area contributed by atoms with Crippen molar-refractivity contribution < 1.29 is 0 Å². The van der Waals surface area contributed by atoms with Crippen molar-refractivity contribution >= 4 is 0 Å². The van der Waals surface area contributed by atoms with Crippen LogP contribution in [0.1, 0.15) is 65.2 Å². The van der Waals surface area contributed by atoms with Crippen LogP contribution in [0.25, 0.3) is 0 Å². The number of unbranched alkanes of at least 4 members (excludes halogenated alkanes) is 6. The molecule has 0 aromatic rings. The van der Waals surface area contributed by atoms with E-state index in [0.29, 0.717) is 0 Å². The van der Waals surface area contributed by atoms with Crippen LogP contribution in [-0.4, -0.2) is 37.6 Å². The average Bonchev–Trinajstić information content (AvgIpc) is 2.85. The van der Waals surface area contributed by atoms with Crippen LogP contribution >= 0.6 is 0 Å². The Labute approximate surface area is 115 Å².